The van der Waals surface area contributed by atoms with E-state index in [0.29, 0.717) is 12.8 Å². The molecule has 1 aliphatic heterocycles. The Labute approximate surface area is 146 Å². The molecule has 1 N–H and O–H groups in total. The molecule has 1 fully saturated rings. The number of imide groups is 1. The number of nitrogens with one attached hydrogen (secondary N) is 1. The molecule has 0 spiro atoms. The average molecular weight is 350 g/mol. The van der Waals surface area contributed by atoms with E-state index in [2.05, 4.69) is 5.32 Å². The molecule has 2 rings (SSSR count). The molecule has 0 aliphatic carbocycles. The van der Waals surface area contributed by atoms with Crippen molar-refractivity contribution in [2.24, 2.45) is 0 Å². The Morgan fingerprint density at radius 1 is 1.24 bits per heavy atom. The Bertz CT molecular complexity index is 684. The van der Waals surface area contributed by atoms with Crippen molar-refractivity contribution in [1.82, 2.24) is 10.2 Å². The van der Waals surface area contributed by atoms with Gasteiger partial charge in [0.15, 0.2) is 17.3 Å². The lowest BCUT2D eigenvalue weighted by Crippen LogP contribution is -2.47. The smallest absolute Gasteiger partial charge is 0.325 e. The second kappa shape index (κ2) is 7.63. The van der Waals surface area contributed by atoms with Crippen molar-refractivity contribution in [3.8, 4) is 5.75 Å². The average Bonchev–Trinajstić information content (AvgIpc) is 2.79. The third-order valence-corrected chi connectivity index (χ3v) is 4.37. The molecule has 1 aromatic carbocycles. The molecule has 25 heavy (non-hydrogen) atoms. The van der Waals surface area contributed by atoms with Gasteiger partial charge in [0.2, 0.25) is 0 Å². The molecule has 0 bridgehead atoms. The summed E-state index contributed by atoms with van der Waals surface area (Å²) < 4.78 is 18.6. The maximum atomic E-state index is 13.8. The Morgan fingerprint density at radius 3 is 2.40 bits per heavy atom. The molecule has 0 atom stereocenters. The zero-order valence-electron chi connectivity index (χ0n) is 14.7. The van der Waals surface area contributed by atoms with E-state index in [1.165, 1.54) is 19.2 Å². The Morgan fingerprint density at radius 2 is 1.88 bits per heavy atom. The third-order valence-electron chi connectivity index (χ3n) is 4.37. The van der Waals surface area contributed by atoms with Crippen molar-refractivity contribution in [3.05, 3.63) is 29.6 Å². The Balaban J connectivity index is 2.19. The van der Waals surface area contributed by atoms with Crippen molar-refractivity contribution < 1.29 is 23.5 Å². The lowest BCUT2D eigenvalue weighted by Gasteiger charge is -2.25. The topological polar surface area (TPSA) is 75.7 Å². The van der Waals surface area contributed by atoms with Crippen molar-refractivity contribution in [3.63, 3.8) is 0 Å². The van der Waals surface area contributed by atoms with Crippen LogP contribution in [0, 0.1) is 5.82 Å². The van der Waals surface area contributed by atoms with E-state index in [9.17, 15) is 18.8 Å². The third kappa shape index (κ3) is 3.65. The van der Waals surface area contributed by atoms with Crippen molar-refractivity contribution in [1.29, 1.82) is 0 Å². The fourth-order valence-electron chi connectivity index (χ4n) is 3.21. The van der Waals surface area contributed by atoms with Gasteiger partial charge in [-0.25, -0.2) is 9.18 Å². The fourth-order valence-corrected chi connectivity index (χ4v) is 3.21. The van der Waals surface area contributed by atoms with E-state index in [1.54, 1.807) is 0 Å². The van der Waals surface area contributed by atoms with Crippen LogP contribution >= 0.6 is 0 Å². The van der Waals surface area contributed by atoms with Crippen LogP contribution in [0.15, 0.2) is 18.2 Å². The highest BCUT2D eigenvalue weighted by Gasteiger charge is 2.50. The number of amides is 3. The molecule has 136 valence electrons. The number of nitrogens with zero attached hydrogens (tertiary/aromatic N) is 1. The quantitative estimate of drug-likeness (QED) is 0.578. The summed E-state index contributed by atoms with van der Waals surface area (Å²) in [6, 6.07) is 3.22. The van der Waals surface area contributed by atoms with Crippen LogP contribution in [0.5, 0.6) is 5.75 Å². The predicted octanol–water partition coefficient (Wildman–Crippen LogP) is 2.91. The maximum absolute atomic E-state index is 13.8. The molecule has 0 saturated carbocycles. The van der Waals surface area contributed by atoms with Gasteiger partial charge in [-0.05, 0) is 31.0 Å². The number of hydrogen-bond acceptors (Lipinski definition) is 4. The molecule has 1 aromatic rings. The largest absolute Gasteiger partial charge is 0.494 e. The number of rotatable bonds is 8. The van der Waals surface area contributed by atoms with Gasteiger partial charge in [-0.3, -0.25) is 14.5 Å². The van der Waals surface area contributed by atoms with Crippen LogP contribution < -0.4 is 10.1 Å². The number of carbonyl (C=O) groups excluding carboxylic acids is 3. The van der Waals surface area contributed by atoms with Gasteiger partial charge >= 0.3 is 6.03 Å². The summed E-state index contributed by atoms with van der Waals surface area (Å²) in [5.74, 6) is -1.54. The zero-order chi connectivity index (χ0) is 18.6. The van der Waals surface area contributed by atoms with E-state index in [0.717, 1.165) is 23.8 Å². The molecule has 3 amide bonds. The van der Waals surface area contributed by atoms with Crippen molar-refractivity contribution in [2.45, 2.75) is 45.1 Å². The monoisotopic (exact) mass is 350 g/mol. The number of urea groups is 1. The highest BCUT2D eigenvalue weighted by atomic mass is 19.1. The van der Waals surface area contributed by atoms with E-state index in [1.807, 2.05) is 13.8 Å². The predicted molar refractivity (Wildman–Crippen MR) is 90.1 cm³/mol. The van der Waals surface area contributed by atoms with Gasteiger partial charge < -0.3 is 10.1 Å². The number of methoxy groups -OCH3 is 1. The minimum Gasteiger partial charge on any atom is -0.494 e. The van der Waals surface area contributed by atoms with Gasteiger partial charge in [-0.2, -0.15) is 0 Å². The van der Waals surface area contributed by atoms with Crippen LogP contribution in [-0.2, 0) is 4.79 Å². The normalized spacial score (nSPS) is 16.1. The second-order valence-corrected chi connectivity index (χ2v) is 6.18. The lowest BCUT2D eigenvalue weighted by atomic mass is 9.88. The van der Waals surface area contributed by atoms with Crippen LogP contribution in [0.4, 0.5) is 9.18 Å². The van der Waals surface area contributed by atoms with Gasteiger partial charge in [0, 0.05) is 5.56 Å². The van der Waals surface area contributed by atoms with Gasteiger partial charge in [-0.15, -0.1) is 0 Å². The Kier molecular flexibility index (Phi) is 5.77. The van der Waals surface area contributed by atoms with Gasteiger partial charge in [0.1, 0.15) is 5.54 Å². The summed E-state index contributed by atoms with van der Waals surface area (Å²) in [7, 11) is 1.33. The highest BCUT2D eigenvalue weighted by Crippen LogP contribution is 2.28. The first-order chi connectivity index (χ1) is 11.9. The number of carbonyl (C=O) groups is 3. The molecule has 7 heteroatoms. The van der Waals surface area contributed by atoms with E-state index in [-0.39, 0.29) is 17.2 Å². The van der Waals surface area contributed by atoms with E-state index >= 15 is 0 Å². The first kappa shape index (κ1) is 18.9. The van der Waals surface area contributed by atoms with Crippen LogP contribution in [0.1, 0.15) is 49.9 Å². The van der Waals surface area contributed by atoms with Crippen molar-refractivity contribution >= 4 is 17.7 Å². The molecule has 1 saturated heterocycles. The summed E-state index contributed by atoms with van der Waals surface area (Å²) in [6.07, 6.45) is 2.51. The molecule has 0 unspecified atom stereocenters. The van der Waals surface area contributed by atoms with Crippen molar-refractivity contribution in [2.75, 3.05) is 13.7 Å². The van der Waals surface area contributed by atoms with Crippen LogP contribution in [0.25, 0.3) is 0 Å². The molecule has 1 aliphatic rings. The number of benzene rings is 1. The maximum Gasteiger partial charge on any atom is 0.325 e. The standard InChI is InChI=1S/C18H23FN2O4/c1-4-8-18(9-5-2)16(23)21(17(24)20-18)11-14(22)12-6-7-15(25-3)13(19)10-12/h6-7,10H,4-5,8-9,11H2,1-3H3,(H,20,24). The molecule has 0 aromatic heterocycles. The van der Waals surface area contributed by atoms with Crippen LogP contribution in [0.2, 0.25) is 0 Å². The number of ether oxygens (including phenoxy) is 1. The highest BCUT2D eigenvalue weighted by molar-refractivity contribution is 6.11. The van der Waals surface area contributed by atoms with Gasteiger partial charge in [0.05, 0.1) is 13.7 Å². The van der Waals surface area contributed by atoms with Gasteiger partial charge in [0.25, 0.3) is 5.91 Å². The summed E-state index contributed by atoms with van der Waals surface area (Å²) >= 11 is 0. The molecule has 1 heterocycles. The summed E-state index contributed by atoms with van der Waals surface area (Å²) in [4.78, 5) is 38.3. The number of ketones is 1. The number of halogens is 1. The molecule has 6 nitrogen and oxygen atoms in total. The minimum absolute atomic E-state index is 0.0245. The zero-order valence-corrected chi connectivity index (χ0v) is 14.7. The van der Waals surface area contributed by atoms with Gasteiger partial charge in [-0.1, -0.05) is 26.7 Å². The van der Waals surface area contributed by atoms with E-state index in [4.69, 9.17) is 4.74 Å². The van der Waals surface area contributed by atoms with Crippen LogP contribution in [-0.4, -0.2) is 41.8 Å². The lowest BCUT2D eigenvalue weighted by molar-refractivity contribution is -0.131. The second-order valence-electron chi connectivity index (χ2n) is 6.18. The Hall–Kier alpha value is -2.44. The van der Waals surface area contributed by atoms with E-state index < -0.39 is 29.7 Å². The number of Topliss-reactive ketones (excluding diaryl/α,β-unsaturated/α-hetero) is 1. The SMILES string of the molecule is CCCC1(CCC)NC(=O)N(CC(=O)c2ccc(OC)c(F)c2)C1=O. The first-order valence-electron chi connectivity index (χ1n) is 8.39. The fraction of sp³-hybridized carbons (Fsp3) is 0.500. The first-order valence-corrected chi connectivity index (χ1v) is 8.39. The minimum atomic E-state index is -0.938. The molecular weight excluding hydrogens is 327 g/mol. The summed E-state index contributed by atoms with van der Waals surface area (Å²) in [5.41, 5.74) is -0.853. The summed E-state index contributed by atoms with van der Waals surface area (Å²) in [5, 5.41) is 2.75. The molecular formula is C18H23FN2O4. The molecule has 0 radical (unpaired) electrons. The summed E-state index contributed by atoms with van der Waals surface area (Å²) in [6.45, 7) is 3.46. The number of hydrogen-bond donors (Lipinski definition) is 1. The van der Waals surface area contributed by atoms with Crippen LogP contribution in [0.3, 0.4) is 0 Å².